The highest BCUT2D eigenvalue weighted by Crippen LogP contribution is 2.38. The van der Waals surface area contributed by atoms with Crippen molar-refractivity contribution in [2.75, 3.05) is 44.7 Å². The van der Waals surface area contributed by atoms with E-state index in [1.54, 1.807) is 27.0 Å². The number of fused-ring (bicyclic) bond motifs is 1. The molecule has 0 saturated heterocycles. The number of hydrogen-bond donors (Lipinski definition) is 3. The number of H-pyrrole nitrogens is 1. The number of benzene rings is 1. The van der Waals surface area contributed by atoms with Gasteiger partial charge in [0.15, 0.2) is 0 Å². The molecule has 0 fully saturated rings. The van der Waals surface area contributed by atoms with Crippen molar-refractivity contribution in [3.8, 4) is 0 Å². The van der Waals surface area contributed by atoms with E-state index in [-0.39, 0.29) is 18.0 Å². The van der Waals surface area contributed by atoms with E-state index in [9.17, 15) is 18.8 Å². The first-order valence-electron chi connectivity index (χ1n) is 11.5. The molecule has 0 atom stereocenters. The summed E-state index contributed by atoms with van der Waals surface area (Å²) in [4.78, 5) is 45.1. The molecule has 0 aliphatic carbocycles. The molecule has 34 heavy (non-hydrogen) atoms. The molecule has 0 radical (unpaired) electrons. The number of anilines is 1. The molecule has 3 rings (SSSR count). The Kier molecular flexibility index (Phi) is 8.01. The summed E-state index contributed by atoms with van der Waals surface area (Å²) in [5.74, 6) is -1.67. The topological polar surface area (TPSA) is 97.5 Å². The lowest BCUT2D eigenvalue weighted by atomic mass is 10.0. The third-order valence-electron chi connectivity index (χ3n) is 6.10. The maximum Gasteiger partial charge on any atom is 0.265 e. The van der Waals surface area contributed by atoms with Crippen LogP contribution in [0.1, 0.15) is 46.7 Å². The predicted molar refractivity (Wildman–Crippen MR) is 131 cm³/mol. The summed E-state index contributed by atoms with van der Waals surface area (Å²) in [5, 5.41) is 5.70. The minimum Gasteiger partial charge on any atom is -0.358 e. The Morgan fingerprint density at radius 2 is 1.91 bits per heavy atom. The van der Waals surface area contributed by atoms with Crippen LogP contribution in [0, 0.1) is 19.7 Å². The molecule has 1 aliphatic heterocycles. The van der Waals surface area contributed by atoms with Crippen LogP contribution in [-0.4, -0.2) is 67.4 Å². The normalized spacial score (nSPS) is 14.3. The van der Waals surface area contributed by atoms with E-state index >= 15 is 0 Å². The van der Waals surface area contributed by atoms with Crippen LogP contribution in [0.4, 0.5) is 10.1 Å². The molecule has 1 aromatic heterocycles. The smallest absolute Gasteiger partial charge is 0.265 e. The van der Waals surface area contributed by atoms with E-state index in [2.05, 4.69) is 34.4 Å². The average Bonchev–Trinajstić information content (AvgIpc) is 3.23. The molecule has 2 heterocycles. The van der Waals surface area contributed by atoms with Gasteiger partial charge in [0.25, 0.3) is 11.8 Å². The van der Waals surface area contributed by atoms with Gasteiger partial charge in [-0.25, -0.2) is 9.29 Å². The Morgan fingerprint density at radius 3 is 2.56 bits per heavy atom. The molecule has 9 heteroatoms. The predicted octanol–water partition coefficient (Wildman–Crippen LogP) is 2.48. The Balaban J connectivity index is 1.93. The molecular formula is C25H32FN5O3. The molecule has 1 aromatic carbocycles. The molecule has 0 saturated carbocycles. The zero-order valence-corrected chi connectivity index (χ0v) is 20.3. The van der Waals surface area contributed by atoms with E-state index in [1.807, 2.05) is 0 Å². The Bertz CT molecular complexity index is 1130. The summed E-state index contributed by atoms with van der Waals surface area (Å²) in [6.07, 6.45) is 1.59. The van der Waals surface area contributed by atoms with Crippen LogP contribution in [0.25, 0.3) is 11.6 Å². The largest absolute Gasteiger partial charge is 0.358 e. The first-order valence-corrected chi connectivity index (χ1v) is 11.5. The highest BCUT2D eigenvalue weighted by atomic mass is 19.1. The van der Waals surface area contributed by atoms with Crippen LogP contribution in [0.2, 0.25) is 0 Å². The van der Waals surface area contributed by atoms with Crippen LogP contribution in [0.3, 0.4) is 0 Å². The van der Waals surface area contributed by atoms with Gasteiger partial charge in [0.2, 0.25) is 5.91 Å². The fraction of sp³-hybridized carbons (Fsp3) is 0.400. The SMILES string of the molecule is CCN(CC)CCNC(=O)c1c(C)[nH]c(/C=C2\C(=O)N(C(=O)CNC)c3ccc(F)cc32)c1C. The molecule has 0 bridgehead atoms. The number of hydrogen-bond acceptors (Lipinski definition) is 5. The highest BCUT2D eigenvalue weighted by molar-refractivity contribution is 6.42. The number of imide groups is 1. The summed E-state index contributed by atoms with van der Waals surface area (Å²) < 4.78 is 14.0. The number of aromatic nitrogens is 1. The van der Waals surface area contributed by atoms with Gasteiger partial charge in [0.05, 0.1) is 23.4 Å². The number of halogens is 1. The molecule has 182 valence electrons. The van der Waals surface area contributed by atoms with Gasteiger partial charge in [-0.1, -0.05) is 13.8 Å². The molecule has 1 aliphatic rings. The van der Waals surface area contributed by atoms with E-state index in [0.29, 0.717) is 40.3 Å². The summed E-state index contributed by atoms with van der Waals surface area (Å²) >= 11 is 0. The van der Waals surface area contributed by atoms with Crippen molar-refractivity contribution < 1.29 is 18.8 Å². The zero-order valence-electron chi connectivity index (χ0n) is 20.3. The van der Waals surface area contributed by atoms with E-state index in [1.165, 1.54) is 18.2 Å². The van der Waals surface area contributed by atoms with Crippen LogP contribution in [0.15, 0.2) is 18.2 Å². The number of likely N-dealkylation sites (N-methyl/N-ethyl adjacent to an activating group) is 2. The van der Waals surface area contributed by atoms with Crippen LogP contribution < -0.4 is 15.5 Å². The molecule has 0 spiro atoms. The number of aryl methyl sites for hydroxylation is 1. The van der Waals surface area contributed by atoms with Gasteiger partial charge in [0.1, 0.15) is 5.82 Å². The second-order valence-electron chi connectivity index (χ2n) is 8.23. The van der Waals surface area contributed by atoms with Gasteiger partial charge < -0.3 is 20.5 Å². The Labute approximate surface area is 199 Å². The summed E-state index contributed by atoms with van der Waals surface area (Å²) in [6, 6.07) is 3.90. The maximum atomic E-state index is 14.0. The van der Waals surface area contributed by atoms with Crippen molar-refractivity contribution in [2.45, 2.75) is 27.7 Å². The first-order chi connectivity index (χ1) is 16.2. The highest BCUT2D eigenvalue weighted by Gasteiger charge is 2.37. The second kappa shape index (κ2) is 10.8. The number of amides is 3. The average molecular weight is 470 g/mol. The third kappa shape index (κ3) is 4.95. The number of carbonyl (C=O) groups excluding carboxylic acids is 3. The molecule has 2 aromatic rings. The number of nitrogens with one attached hydrogen (secondary N) is 3. The molecular weight excluding hydrogens is 437 g/mol. The van der Waals surface area contributed by atoms with Crippen LogP contribution in [-0.2, 0) is 9.59 Å². The maximum absolute atomic E-state index is 14.0. The van der Waals surface area contributed by atoms with Crippen molar-refractivity contribution in [3.05, 3.63) is 52.1 Å². The minimum atomic E-state index is -0.530. The lowest BCUT2D eigenvalue weighted by Crippen LogP contribution is -2.39. The van der Waals surface area contributed by atoms with Gasteiger partial charge in [-0.3, -0.25) is 14.4 Å². The van der Waals surface area contributed by atoms with Gasteiger partial charge in [-0.05, 0) is 63.8 Å². The second-order valence-corrected chi connectivity index (χ2v) is 8.23. The number of rotatable bonds is 9. The van der Waals surface area contributed by atoms with Gasteiger partial charge in [-0.15, -0.1) is 0 Å². The van der Waals surface area contributed by atoms with E-state index in [4.69, 9.17) is 0 Å². The molecule has 8 nitrogen and oxygen atoms in total. The number of carbonyl (C=O) groups is 3. The fourth-order valence-corrected chi connectivity index (χ4v) is 4.24. The molecule has 0 unspecified atom stereocenters. The summed E-state index contributed by atoms with van der Waals surface area (Å²) in [5.41, 5.74) is 3.29. The van der Waals surface area contributed by atoms with Crippen LogP contribution >= 0.6 is 0 Å². The monoisotopic (exact) mass is 469 g/mol. The standard InChI is InChI=1S/C25H32FN5O3/c1-6-30(7-2)11-10-28-24(33)23-15(3)20(29-16(23)4)13-19-18-12-17(26)8-9-21(18)31(25(19)34)22(32)14-27-5/h8-9,12-13,27,29H,6-7,10-11,14H2,1-5H3,(H,28,33)/b19-13-. The summed E-state index contributed by atoms with van der Waals surface area (Å²) in [7, 11) is 1.61. The van der Waals surface area contributed by atoms with Crippen LogP contribution in [0.5, 0.6) is 0 Å². The van der Waals surface area contributed by atoms with E-state index < -0.39 is 17.6 Å². The van der Waals surface area contributed by atoms with Crippen molar-refractivity contribution >= 4 is 35.1 Å². The zero-order chi connectivity index (χ0) is 25.0. The lowest BCUT2D eigenvalue weighted by molar-refractivity contribution is -0.123. The van der Waals surface area contributed by atoms with Crippen molar-refractivity contribution in [2.24, 2.45) is 0 Å². The van der Waals surface area contributed by atoms with Crippen molar-refractivity contribution in [1.29, 1.82) is 0 Å². The van der Waals surface area contributed by atoms with E-state index in [0.717, 1.165) is 24.5 Å². The Morgan fingerprint density at radius 1 is 1.21 bits per heavy atom. The minimum absolute atomic E-state index is 0.0334. The number of aromatic amines is 1. The summed E-state index contributed by atoms with van der Waals surface area (Å²) in [6.45, 7) is 10.8. The molecule has 3 amide bonds. The van der Waals surface area contributed by atoms with Gasteiger partial charge in [0, 0.05) is 30.0 Å². The third-order valence-corrected chi connectivity index (χ3v) is 6.10. The van der Waals surface area contributed by atoms with Crippen molar-refractivity contribution in [3.63, 3.8) is 0 Å². The lowest BCUT2D eigenvalue weighted by Gasteiger charge is -2.18. The first kappa shape index (κ1) is 25.3. The quantitative estimate of drug-likeness (QED) is 0.490. The Hall–Kier alpha value is -3.30. The number of nitrogens with zero attached hydrogens (tertiary/aromatic N) is 2. The van der Waals surface area contributed by atoms with Gasteiger partial charge >= 0.3 is 0 Å². The van der Waals surface area contributed by atoms with Gasteiger partial charge in [-0.2, -0.15) is 0 Å². The molecule has 3 N–H and O–H groups in total. The van der Waals surface area contributed by atoms with Crippen molar-refractivity contribution in [1.82, 2.24) is 20.5 Å². The fourth-order valence-electron chi connectivity index (χ4n) is 4.24.